The molecule has 0 atom stereocenters. The molecule has 1 aromatic carbocycles. The van der Waals surface area contributed by atoms with Gasteiger partial charge in [0.1, 0.15) is 5.70 Å². The number of fused-ring (bicyclic) bond motifs is 1. The van der Waals surface area contributed by atoms with Crippen LogP contribution in [0.25, 0.3) is 6.08 Å². The monoisotopic (exact) mass is 336 g/mol. The van der Waals surface area contributed by atoms with Gasteiger partial charge in [0.2, 0.25) is 5.95 Å². The van der Waals surface area contributed by atoms with Crippen LogP contribution in [-0.2, 0) is 17.8 Å². The normalized spacial score (nSPS) is 18.1. The van der Waals surface area contributed by atoms with Crippen LogP contribution in [0.4, 0.5) is 16.4 Å². The Morgan fingerprint density at radius 3 is 2.84 bits per heavy atom. The van der Waals surface area contributed by atoms with Crippen molar-refractivity contribution in [2.24, 2.45) is 0 Å². The molecule has 8 nitrogen and oxygen atoms in total. The summed E-state index contributed by atoms with van der Waals surface area (Å²) in [5.41, 5.74) is 9.79. The van der Waals surface area contributed by atoms with Gasteiger partial charge in [-0.05, 0) is 41.8 Å². The molecular formula is C17H16N6O2. The van der Waals surface area contributed by atoms with Crippen molar-refractivity contribution in [2.75, 3.05) is 17.2 Å². The number of nitrogen functional groups attached to an aromatic ring is 1. The lowest BCUT2D eigenvalue weighted by molar-refractivity contribution is -0.115. The molecule has 25 heavy (non-hydrogen) atoms. The number of benzene rings is 1. The second-order valence-electron chi connectivity index (χ2n) is 5.95. The highest BCUT2D eigenvalue weighted by Crippen LogP contribution is 2.24. The number of anilines is 2. The zero-order valence-electron chi connectivity index (χ0n) is 13.3. The minimum Gasteiger partial charge on any atom is -0.399 e. The lowest BCUT2D eigenvalue weighted by Gasteiger charge is -2.29. The first kappa shape index (κ1) is 15.1. The van der Waals surface area contributed by atoms with Crippen molar-refractivity contribution >= 4 is 29.7 Å². The Kier molecular flexibility index (Phi) is 3.57. The first-order valence-corrected chi connectivity index (χ1v) is 7.88. The molecule has 1 fully saturated rings. The van der Waals surface area contributed by atoms with E-state index in [2.05, 4.69) is 31.6 Å². The van der Waals surface area contributed by atoms with Gasteiger partial charge in [0.05, 0.1) is 5.69 Å². The summed E-state index contributed by atoms with van der Waals surface area (Å²) in [6.45, 7) is 1.48. The summed E-state index contributed by atoms with van der Waals surface area (Å²) in [6.07, 6.45) is 4.06. The molecule has 1 saturated heterocycles. The summed E-state index contributed by atoms with van der Waals surface area (Å²) < 4.78 is 0. The van der Waals surface area contributed by atoms with E-state index in [9.17, 15) is 9.59 Å². The number of nitrogens with one attached hydrogen (secondary N) is 2. The fraction of sp³-hybridized carbons (Fsp3) is 0.176. The van der Waals surface area contributed by atoms with Gasteiger partial charge in [-0.25, -0.2) is 14.8 Å². The molecule has 126 valence electrons. The van der Waals surface area contributed by atoms with Gasteiger partial charge < -0.3 is 16.0 Å². The summed E-state index contributed by atoms with van der Waals surface area (Å²) in [6, 6.07) is 7.11. The zero-order valence-corrected chi connectivity index (χ0v) is 13.3. The number of hydrogen-bond donors (Lipinski definition) is 3. The standard InChI is InChI=1S/C17H16N6O2/c18-12-2-1-10-4-6-23(9-11(10)7-12)16-19-5-3-13(20-16)8-14-15(24)22-17(25)21-14/h1-3,5,7-8H,4,6,9,18H2,(H2,21,22,24,25)/b14-8-. The molecule has 2 aliphatic rings. The maximum Gasteiger partial charge on any atom is 0.326 e. The topological polar surface area (TPSA) is 113 Å². The van der Waals surface area contributed by atoms with Gasteiger partial charge in [-0.1, -0.05) is 6.07 Å². The minimum absolute atomic E-state index is 0.173. The Balaban J connectivity index is 1.59. The van der Waals surface area contributed by atoms with Crippen LogP contribution in [0.5, 0.6) is 0 Å². The van der Waals surface area contributed by atoms with Gasteiger partial charge in [-0.2, -0.15) is 0 Å². The van der Waals surface area contributed by atoms with Crippen molar-refractivity contribution in [2.45, 2.75) is 13.0 Å². The molecule has 3 heterocycles. The molecule has 4 N–H and O–H groups in total. The lowest BCUT2D eigenvalue weighted by atomic mass is 9.99. The fourth-order valence-corrected chi connectivity index (χ4v) is 2.97. The molecular weight excluding hydrogens is 320 g/mol. The summed E-state index contributed by atoms with van der Waals surface area (Å²) in [5.74, 6) is 0.111. The maximum absolute atomic E-state index is 11.6. The molecule has 0 unspecified atom stereocenters. The number of amides is 3. The van der Waals surface area contributed by atoms with Crippen molar-refractivity contribution < 1.29 is 9.59 Å². The highest BCUT2D eigenvalue weighted by atomic mass is 16.2. The molecule has 2 aliphatic heterocycles. The molecule has 0 radical (unpaired) electrons. The Bertz CT molecular complexity index is 908. The largest absolute Gasteiger partial charge is 0.399 e. The van der Waals surface area contributed by atoms with Gasteiger partial charge >= 0.3 is 6.03 Å². The molecule has 4 rings (SSSR count). The summed E-state index contributed by atoms with van der Waals surface area (Å²) in [7, 11) is 0. The van der Waals surface area contributed by atoms with Gasteiger partial charge in [0, 0.05) is 25.0 Å². The van der Waals surface area contributed by atoms with E-state index in [1.807, 2.05) is 12.1 Å². The predicted molar refractivity (Wildman–Crippen MR) is 92.3 cm³/mol. The molecule has 0 saturated carbocycles. The summed E-state index contributed by atoms with van der Waals surface area (Å²) in [5, 5.41) is 4.60. The molecule has 0 bridgehead atoms. The quantitative estimate of drug-likeness (QED) is 0.425. The van der Waals surface area contributed by atoms with Crippen LogP contribution in [0.1, 0.15) is 16.8 Å². The van der Waals surface area contributed by atoms with E-state index >= 15 is 0 Å². The molecule has 3 amide bonds. The second-order valence-corrected chi connectivity index (χ2v) is 5.95. The van der Waals surface area contributed by atoms with Gasteiger partial charge in [0.25, 0.3) is 5.91 Å². The molecule has 0 aliphatic carbocycles. The van der Waals surface area contributed by atoms with Crippen molar-refractivity contribution in [3.05, 3.63) is 53.0 Å². The van der Waals surface area contributed by atoms with Crippen molar-refractivity contribution in [1.29, 1.82) is 0 Å². The number of nitrogens with two attached hydrogens (primary N) is 1. The second kappa shape index (κ2) is 5.90. The average Bonchev–Trinajstić information content (AvgIpc) is 2.91. The van der Waals surface area contributed by atoms with Crippen LogP contribution in [0.15, 0.2) is 36.2 Å². The Labute approximate surface area is 143 Å². The van der Waals surface area contributed by atoms with Gasteiger partial charge in [-0.15, -0.1) is 0 Å². The van der Waals surface area contributed by atoms with E-state index in [-0.39, 0.29) is 5.70 Å². The van der Waals surface area contributed by atoms with Crippen LogP contribution < -0.4 is 21.3 Å². The third-order valence-corrected chi connectivity index (χ3v) is 4.20. The van der Waals surface area contributed by atoms with Crippen LogP contribution in [0.3, 0.4) is 0 Å². The molecule has 8 heteroatoms. The smallest absolute Gasteiger partial charge is 0.326 e. The van der Waals surface area contributed by atoms with Gasteiger partial charge in [0.15, 0.2) is 0 Å². The zero-order chi connectivity index (χ0) is 17.4. The fourth-order valence-electron chi connectivity index (χ4n) is 2.97. The highest BCUT2D eigenvalue weighted by molar-refractivity contribution is 6.13. The number of hydrogen-bond acceptors (Lipinski definition) is 6. The molecule has 1 aromatic heterocycles. The highest BCUT2D eigenvalue weighted by Gasteiger charge is 2.23. The molecule has 2 aromatic rings. The summed E-state index contributed by atoms with van der Waals surface area (Å²) in [4.78, 5) is 33.7. The van der Waals surface area contributed by atoms with Crippen LogP contribution in [-0.4, -0.2) is 28.5 Å². The van der Waals surface area contributed by atoms with Crippen LogP contribution in [0.2, 0.25) is 0 Å². The minimum atomic E-state index is -0.532. The maximum atomic E-state index is 11.6. The van der Waals surface area contributed by atoms with E-state index in [1.165, 1.54) is 17.2 Å². The predicted octanol–water partition coefficient (Wildman–Crippen LogP) is 0.802. The number of carbonyl (C=O) groups excluding carboxylic acids is 2. The number of nitrogens with zero attached hydrogens (tertiary/aromatic N) is 3. The van der Waals surface area contributed by atoms with E-state index in [0.29, 0.717) is 18.2 Å². The van der Waals surface area contributed by atoms with Crippen LogP contribution >= 0.6 is 0 Å². The van der Waals surface area contributed by atoms with Crippen molar-refractivity contribution in [1.82, 2.24) is 20.6 Å². The number of rotatable bonds is 2. The lowest BCUT2D eigenvalue weighted by Crippen LogP contribution is -2.31. The first-order valence-electron chi connectivity index (χ1n) is 7.88. The Hall–Kier alpha value is -3.42. The number of imide groups is 1. The van der Waals surface area contributed by atoms with Crippen LogP contribution in [0, 0.1) is 0 Å². The van der Waals surface area contributed by atoms with Crippen molar-refractivity contribution in [3.63, 3.8) is 0 Å². The summed E-state index contributed by atoms with van der Waals surface area (Å²) >= 11 is 0. The Morgan fingerprint density at radius 1 is 1.16 bits per heavy atom. The molecule has 0 spiro atoms. The third-order valence-electron chi connectivity index (χ3n) is 4.20. The number of carbonyl (C=O) groups is 2. The van der Waals surface area contributed by atoms with E-state index in [1.54, 1.807) is 12.3 Å². The van der Waals surface area contributed by atoms with E-state index in [0.717, 1.165) is 18.7 Å². The third kappa shape index (κ3) is 3.01. The SMILES string of the molecule is Nc1ccc2c(c1)CN(c1nccc(/C=C3\NC(=O)NC3=O)n1)CC2. The van der Waals surface area contributed by atoms with E-state index < -0.39 is 11.9 Å². The number of urea groups is 1. The number of aromatic nitrogens is 2. The van der Waals surface area contributed by atoms with Crippen molar-refractivity contribution in [3.8, 4) is 0 Å². The van der Waals surface area contributed by atoms with E-state index in [4.69, 9.17) is 5.73 Å². The Morgan fingerprint density at radius 2 is 2.04 bits per heavy atom. The first-order chi connectivity index (χ1) is 12.1. The average molecular weight is 336 g/mol. The van der Waals surface area contributed by atoms with Gasteiger partial charge in [-0.3, -0.25) is 10.1 Å².